The van der Waals surface area contributed by atoms with E-state index >= 15 is 0 Å². The van der Waals surface area contributed by atoms with Crippen molar-refractivity contribution in [2.75, 3.05) is 12.3 Å². The lowest BCUT2D eigenvalue weighted by Gasteiger charge is -2.34. The molecular weight excluding hydrogens is 306 g/mol. The third-order valence-corrected chi connectivity index (χ3v) is 5.90. The largest absolute Gasteiger partial charge is 0.313 e. The molecule has 0 bridgehead atoms. The molecule has 0 aromatic heterocycles. The second kappa shape index (κ2) is 6.44. The summed E-state index contributed by atoms with van der Waals surface area (Å²) >= 11 is 5.70. The second-order valence-corrected chi connectivity index (χ2v) is 7.75. The summed E-state index contributed by atoms with van der Waals surface area (Å²) in [5.74, 6) is 1.32. The fourth-order valence-electron chi connectivity index (χ4n) is 2.73. The summed E-state index contributed by atoms with van der Waals surface area (Å²) < 4.78 is 1.58. The SMILES string of the molecule is CCNC(Cc1cccc(Br)c1)C1(C)CCCS1. The molecule has 0 amide bonds. The number of hydrogen-bond acceptors (Lipinski definition) is 2. The highest BCUT2D eigenvalue weighted by molar-refractivity contribution is 9.10. The minimum absolute atomic E-state index is 0.401. The zero-order valence-corrected chi connectivity index (χ0v) is 13.6. The molecular formula is C15H22BrNS. The predicted octanol–water partition coefficient (Wildman–Crippen LogP) is 4.26. The van der Waals surface area contributed by atoms with E-state index in [0.717, 1.165) is 13.0 Å². The van der Waals surface area contributed by atoms with Crippen LogP contribution in [0.1, 0.15) is 32.3 Å². The third-order valence-electron chi connectivity index (χ3n) is 3.77. The van der Waals surface area contributed by atoms with E-state index in [-0.39, 0.29) is 0 Å². The van der Waals surface area contributed by atoms with Crippen LogP contribution in [0.2, 0.25) is 0 Å². The molecule has 0 spiro atoms. The van der Waals surface area contributed by atoms with E-state index in [0.29, 0.717) is 10.8 Å². The molecule has 1 aromatic carbocycles. The molecule has 2 atom stereocenters. The van der Waals surface area contributed by atoms with Crippen molar-refractivity contribution in [3.8, 4) is 0 Å². The van der Waals surface area contributed by atoms with E-state index in [1.54, 1.807) is 0 Å². The molecule has 1 aliphatic heterocycles. The Morgan fingerprint density at radius 1 is 1.50 bits per heavy atom. The van der Waals surface area contributed by atoms with Gasteiger partial charge in [0, 0.05) is 15.3 Å². The van der Waals surface area contributed by atoms with Crippen molar-refractivity contribution in [3.05, 3.63) is 34.3 Å². The Morgan fingerprint density at radius 3 is 2.94 bits per heavy atom. The third kappa shape index (κ3) is 3.52. The minimum atomic E-state index is 0.401. The van der Waals surface area contributed by atoms with E-state index in [4.69, 9.17) is 0 Å². The normalized spacial score (nSPS) is 25.3. The Hall–Kier alpha value is 0.01000. The summed E-state index contributed by atoms with van der Waals surface area (Å²) in [6.45, 7) is 5.68. The van der Waals surface area contributed by atoms with Crippen molar-refractivity contribution < 1.29 is 0 Å². The van der Waals surface area contributed by atoms with Gasteiger partial charge in [-0.05, 0) is 56.2 Å². The molecule has 2 unspecified atom stereocenters. The van der Waals surface area contributed by atoms with Gasteiger partial charge in [0.2, 0.25) is 0 Å². The molecule has 1 saturated heterocycles. The first-order valence-electron chi connectivity index (χ1n) is 6.76. The lowest BCUT2D eigenvalue weighted by Crippen LogP contribution is -2.46. The number of nitrogens with one attached hydrogen (secondary N) is 1. The first-order valence-corrected chi connectivity index (χ1v) is 8.54. The van der Waals surface area contributed by atoms with E-state index in [9.17, 15) is 0 Å². The van der Waals surface area contributed by atoms with E-state index in [1.165, 1.54) is 28.6 Å². The molecule has 0 aliphatic carbocycles. The van der Waals surface area contributed by atoms with Crippen LogP contribution in [0.15, 0.2) is 28.7 Å². The first kappa shape index (κ1) is 14.4. The van der Waals surface area contributed by atoms with Crippen LogP contribution in [-0.2, 0) is 6.42 Å². The van der Waals surface area contributed by atoms with Crippen LogP contribution in [0.25, 0.3) is 0 Å². The van der Waals surface area contributed by atoms with Gasteiger partial charge in [-0.15, -0.1) is 0 Å². The van der Waals surface area contributed by atoms with E-state index in [1.807, 2.05) is 0 Å². The van der Waals surface area contributed by atoms with Crippen LogP contribution in [0.4, 0.5) is 0 Å². The number of likely N-dealkylation sites (N-methyl/N-ethyl adjacent to an activating group) is 1. The van der Waals surface area contributed by atoms with Crippen LogP contribution in [-0.4, -0.2) is 23.1 Å². The van der Waals surface area contributed by atoms with Gasteiger partial charge in [-0.25, -0.2) is 0 Å². The molecule has 100 valence electrons. The Labute approximate surface area is 123 Å². The summed E-state index contributed by atoms with van der Waals surface area (Å²) in [5.41, 5.74) is 1.42. The molecule has 1 nitrogen and oxygen atoms in total. The Morgan fingerprint density at radius 2 is 2.33 bits per heavy atom. The topological polar surface area (TPSA) is 12.0 Å². The van der Waals surface area contributed by atoms with Crippen LogP contribution in [0, 0.1) is 0 Å². The minimum Gasteiger partial charge on any atom is -0.313 e. The van der Waals surface area contributed by atoms with Crippen LogP contribution >= 0.6 is 27.7 Å². The average Bonchev–Trinajstić information content (AvgIpc) is 2.77. The van der Waals surface area contributed by atoms with Gasteiger partial charge in [-0.3, -0.25) is 0 Å². The number of rotatable bonds is 5. The molecule has 1 aliphatic rings. The maximum atomic E-state index is 3.70. The van der Waals surface area contributed by atoms with Crippen molar-refractivity contribution >= 4 is 27.7 Å². The summed E-state index contributed by atoms with van der Waals surface area (Å²) in [4.78, 5) is 0. The quantitative estimate of drug-likeness (QED) is 0.867. The fraction of sp³-hybridized carbons (Fsp3) is 0.600. The molecule has 1 N–H and O–H groups in total. The van der Waals surface area contributed by atoms with Crippen molar-refractivity contribution in [1.82, 2.24) is 5.32 Å². The lowest BCUT2D eigenvalue weighted by atomic mass is 9.91. The average molecular weight is 328 g/mol. The lowest BCUT2D eigenvalue weighted by molar-refractivity contribution is 0.406. The first-order chi connectivity index (χ1) is 8.64. The monoisotopic (exact) mass is 327 g/mol. The molecule has 0 saturated carbocycles. The van der Waals surface area contributed by atoms with Gasteiger partial charge < -0.3 is 5.32 Å². The van der Waals surface area contributed by atoms with Crippen LogP contribution in [0.5, 0.6) is 0 Å². The van der Waals surface area contributed by atoms with Crippen molar-refractivity contribution in [3.63, 3.8) is 0 Å². The highest BCUT2D eigenvalue weighted by atomic mass is 79.9. The predicted molar refractivity (Wildman–Crippen MR) is 85.4 cm³/mol. The van der Waals surface area contributed by atoms with Gasteiger partial charge in [-0.1, -0.05) is 35.0 Å². The van der Waals surface area contributed by atoms with Crippen molar-refractivity contribution in [2.24, 2.45) is 0 Å². The van der Waals surface area contributed by atoms with Gasteiger partial charge in [-0.2, -0.15) is 11.8 Å². The molecule has 0 radical (unpaired) electrons. The number of thioether (sulfide) groups is 1. The Balaban J connectivity index is 2.10. The summed E-state index contributed by atoms with van der Waals surface area (Å²) in [7, 11) is 0. The molecule has 1 heterocycles. The van der Waals surface area contributed by atoms with Gasteiger partial charge in [0.15, 0.2) is 0 Å². The second-order valence-electron chi connectivity index (χ2n) is 5.21. The smallest absolute Gasteiger partial charge is 0.0288 e. The maximum Gasteiger partial charge on any atom is 0.0288 e. The standard InChI is InChI=1S/C15H22BrNS/c1-3-17-14(15(2)8-5-9-18-15)11-12-6-4-7-13(16)10-12/h4,6-7,10,14,17H,3,5,8-9,11H2,1-2H3. The Kier molecular flexibility index (Phi) is 5.16. The van der Waals surface area contributed by atoms with Gasteiger partial charge in [0.1, 0.15) is 0 Å². The zero-order chi connectivity index (χ0) is 13.0. The van der Waals surface area contributed by atoms with Crippen LogP contribution < -0.4 is 5.32 Å². The van der Waals surface area contributed by atoms with Gasteiger partial charge in [0.25, 0.3) is 0 Å². The van der Waals surface area contributed by atoms with E-state index < -0.39 is 0 Å². The van der Waals surface area contributed by atoms with Crippen LogP contribution in [0.3, 0.4) is 0 Å². The summed E-state index contributed by atoms with van der Waals surface area (Å²) in [5, 5.41) is 3.70. The molecule has 1 aromatic rings. The highest BCUT2D eigenvalue weighted by Crippen LogP contribution is 2.41. The summed E-state index contributed by atoms with van der Waals surface area (Å²) in [6.07, 6.45) is 3.82. The molecule has 1 fully saturated rings. The van der Waals surface area contributed by atoms with Gasteiger partial charge >= 0.3 is 0 Å². The number of halogens is 1. The molecule has 3 heteroatoms. The zero-order valence-electron chi connectivity index (χ0n) is 11.2. The van der Waals surface area contributed by atoms with Crippen molar-refractivity contribution in [1.29, 1.82) is 0 Å². The van der Waals surface area contributed by atoms with E-state index in [2.05, 4.69) is 71.1 Å². The maximum absolute atomic E-state index is 3.70. The van der Waals surface area contributed by atoms with Crippen molar-refractivity contribution in [2.45, 2.75) is 43.9 Å². The molecule has 18 heavy (non-hydrogen) atoms. The highest BCUT2D eigenvalue weighted by Gasteiger charge is 2.37. The number of hydrogen-bond donors (Lipinski definition) is 1. The molecule has 2 rings (SSSR count). The number of benzene rings is 1. The summed E-state index contributed by atoms with van der Waals surface area (Å²) in [6, 6.07) is 9.28. The Bertz CT molecular complexity index is 388. The van der Waals surface area contributed by atoms with Gasteiger partial charge in [0.05, 0.1) is 0 Å². The fourth-order valence-corrected chi connectivity index (χ4v) is 4.58.